The molecule has 0 spiro atoms. The summed E-state index contributed by atoms with van der Waals surface area (Å²) in [7, 11) is 0. The first-order valence-corrected chi connectivity index (χ1v) is 5.92. The molecule has 0 aliphatic rings. The molecule has 2 aromatic carbocycles. The summed E-state index contributed by atoms with van der Waals surface area (Å²) in [5.41, 5.74) is 4.24. The lowest BCUT2D eigenvalue weighted by Crippen LogP contribution is -1.96. The largest absolute Gasteiger partial charge is 0.392 e. The van der Waals surface area contributed by atoms with E-state index in [1.807, 2.05) is 35.1 Å². The Bertz CT molecular complexity index is 683. The minimum Gasteiger partial charge on any atom is -0.392 e. The summed E-state index contributed by atoms with van der Waals surface area (Å²) >= 11 is 0. The number of aliphatic hydroxyl groups excluding tert-OH is 1. The minimum absolute atomic E-state index is 0.0688. The van der Waals surface area contributed by atoms with E-state index < -0.39 is 0 Å². The van der Waals surface area contributed by atoms with E-state index in [2.05, 4.69) is 30.2 Å². The third-order valence-electron chi connectivity index (χ3n) is 3.09. The van der Waals surface area contributed by atoms with Crippen LogP contribution < -0.4 is 0 Å². The highest BCUT2D eigenvalue weighted by atomic mass is 16.3. The van der Waals surface area contributed by atoms with Crippen molar-refractivity contribution in [1.29, 1.82) is 0 Å². The van der Waals surface area contributed by atoms with Crippen molar-refractivity contribution in [3.8, 4) is 5.69 Å². The average molecular weight is 238 g/mol. The van der Waals surface area contributed by atoms with Crippen LogP contribution in [-0.4, -0.2) is 14.9 Å². The Kier molecular flexibility index (Phi) is 2.61. The summed E-state index contributed by atoms with van der Waals surface area (Å²) in [5.74, 6) is 0. The standard InChI is InChI=1S/C15H14N2O/c1-11-2-7-15-13(8-11)9-16-17(15)14-5-3-12(10-18)4-6-14/h2-9,18H,10H2,1H3. The Morgan fingerprint density at radius 3 is 2.61 bits per heavy atom. The molecular weight excluding hydrogens is 224 g/mol. The first kappa shape index (κ1) is 11.0. The molecule has 1 heterocycles. The highest BCUT2D eigenvalue weighted by Crippen LogP contribution is 2.19. The zero-order chi connectivity index (χ0) is 12.5. The van der Waals surface area contributed by atoms with Crippen molar-refractivity contribution in [2.45, 2.75) is 13.5 Å². The van der Waals surface area contributed by atoms with Crippen molar-refractivity contribution < 1.29 is 5.11 Å². The topological polar surface area (TPSA) is 38.0 Å². The van der Waals surface area contributed by atoms with Gasteiger partial charge < -0.3 is 5.11 Å². The Morgan fingerprint density at radius 2 is 1.89 bits per heavy atom. The van der Waals surface area contributed by atoms with Gasteiger partial charge in [-0.15, -0.1) is 0 Å². The van der Waals surface area contributed by atoms with Crippen LogP contribution in [0.2, 0.25) is 0 Å². The second-order valence-electron chi connectivity index (χ2n) is 4.44. The van der Waals surface area contributed by atoms with Crippen LogP contribution in [0.1, 0.15) is 11.1 Å². The van der Waals surface area contributed by atoms with Gasteiger partial charge in [-0.2, -0.15) is 5.10 Å². The van der Waals surface area contributed by atoms with Crippen LogP contribution in [0, 0.1) is 6.92 Å². The van der Waals surface area contributed by atoms with E-state index in [0.29, 0.717) is 0 Å². The Hall–Kier alpha value is -2.13. The summed E-state index contributed by atoms with van der Waals surface area (Å²) in [6, 6.07) is 14.1. The molecule has 3 heteroatoms. The maximum Gasteiger partial charge on any atom is 0.0741 e. The lowest BCUT2D eigenvalue weighted by Gasteiger charge is -2.04. The second-order valence-corrected chi connectivity index (χ2v) is 4.44. The molecule has 18 heavy (non-hydrogen) atoms. The second kappa shape index (κ2) is 4.27. The van der Waals surface area contributed by atoms with Crippen molar-refractivity contribution in [2.24, 2.45) is 0 Å². The van der Waals surface area contributed by atoms with Crippen LogP contribution in [0.3, 0.4) is 0 Å². The number of hydrogen-bond donors (Lipinski definition) is 1. The molecule has 0 atom stereocenters. The molecule has 0 radical (unpaired) electrons. The predicted molar refractivity (Wildman–Crippen MR) is 71.7 cm³/mol. The van der Waals surface area contributed by atoms with Gasteiger partial charge in [-0.1, -0.05) is 23.8 Å². The number of aryl methyl sites for hydroxylation is 1. The van der Waals surface area contributed by atoms with Gasteiger partial charge >= 0.3 is 0 Å². The van der Waals surface area contributed by atoms with Crippen molar-refractivity contribution in [1.82, 2.24) is 9.78 Å². The number of benzene rings is 2. The van der Waals surface area contributed by atoms with Gasteiger partial charge in [-0.05, 0) is 36.8 Å². The van der Waals surface area contributed by atoms with Crippen LogP contribution in [0.25, 0.3) is 16.6 Å². The summed E-state index contributed by atoms with van der Waals surface area (Å²) < 4.78 is 1.91. The van der Waals surface area contributed by atoms with Crippen molar-refractivity contribution in [3.05, 3.63) is 59.8 Å². The van der Waals surface area contributed by atoms with E-state index in [1.54, 1.807) is 0 Å². The first-order chi connectivity index (χ1) is 8.78. The number of fused-ring (bicyclic) bond motifs is 1. The van der Waals surface area contributed by atoms with Crippen molar-refractivity contribution >= 4 is 10.9 Å². The number of rotatable bonds is 2. The molecule has 1 N–H and O–H groups in total. The Balaban J connectivity index is 2.13. The molecule has 0 amide bonds. The molecule has 3 rings (SSSR count). The summed E-state index contributed by atoms with van der Waals surface area (Å²) in [4.78, 5) is 0. The van der Waals surface area contributed by atoms with Gasteiger partial charge in [-0.25, -0.2) is 4.68 Å². The van der Waals surface area contributed by atoms with Crippen LogP contribution >= 0.6 is 0 Å². The molecule has 3 aromatic rings. The van der Waals surface area contributed by atoms with Crippen LogP contribution in [0.15, 0.2) is 48.7 Å². The van der Waals surface area contributed by atoms with E-state index in [9.17, 15) is 0 Å². The van der Waals surface area contributed by atoms with Crippen molar-refractivity contribution in [3.63, 3.8) is 0 Å². The molecule has 90 valence electrons. The highest BCUT2D eigenvalue weighted by Gasteiger charge is 2.04. The third-order valence-corrected chi connectivity index (χ3v) is 3.09. The zero-order valence-corrected chi connectivity index (χ0v) is 10.2. The number of aliphatic hydroxyl groups is 1. The molecule has 0 saturated heterocycles. The summed E-state index contributed by atoms with van der Waals surface area (Å²) in [6.07, 6.45) is 1.88. The molecule has 0 unspecified atom stereocenters. The summed E-state index contributed by atoms with van der Waals surface area (Å²) in [5, 5.41) is 14.6. The van der Waals surface area contributed by atoms with Crippen molar-refractivity contribution in [2.75, 3.05) is 0 Å². The Morgan fingerprint density at radius 1 is 1.11 bits per heavy atom. The minimum atomic E-state index is 0.0688. The summed E-state index contributed by atoms with van der Waals surface area (Å²) in [6.45, 7) is 2.14. The van der Waals surface area contributed by atoms with E-state index in [0.717, 1.165) is 22.2 Å². The van der Waals surface area contributed by atoms with Gasteiger partial charge in [0, 0.05) is 5.39 Å². The molecule has 0 aliphatic heterocycles. The molecule has 0 aliphatic carbocycles. The number of nitrogens with zero attached hydrogens (tertiary/aromatic N) is 2. The fourth-order valence-corrected chi connectivity index (χ4v) is 2.10. The van der Waals surface area contributed by atoms with E-state index >= 15 is 0 Å². The van der Waals surface area contributed by atoms with Gasteiger partial charge in [0.05, 0.1) is 24.0 Å². The quantitative estimate of drug-likeness (QED) is 0.745. The van der Waals surface area contributed by atoms with Gasteiger partial charge in [0.1, 0.15) is 0 Å². The fourth-order valence-electron chi connectivity index (χ4n) is 2.10. The van der Waals surface area contributed by atoms with Gasteiger partial charge in [0.2, 0.25) is 0 Å². The predicted octanol–water partition coefficient (Wildman–Crippen LogP) is 2.83. The molecular formula is C15H14N2O. The zero-order valence-electron chi connectivity index (χ0n) is 10.2. The van der Waals surface area contributed by atoms with E-state index in [4.69, 9.17) is 5.11 Å². The Labute approximate surface area is 105 Å². The fraction of sp³-hybridized carbons (Fsp3) is 0.133. The van der Waals surface area contributed by atoms with Gasteiger partial charge in [-0.3, -0.25) is 0 Å². The lowest BCUT2D eigenvalue weighted by atomic mass is 10.2. The molecule has 0 fully saturated rings. The van der Waals surface area contributed by atoms with Gasteiger partial charge in [0.25, 0.3) is 0 Å². The lowest BCUT2D eigenvalue weighted by molar-refractivity contribution is 0.282. The first-order valence-electron chi connectivity index (χ1n) is 5.92. The third kappa shape index (κ3) is 1.79. The SMILES string of the molecule is Cc1ccc2c(cnn2-c2ccc(CO)cc2)c1. The highest BCUT2D eigenvalue weighted by molar-refractivity contribution is 5.80. The van der Waals surface area contributed by atoms with Gasteiger partial charge in [0.15, 0.2) is 0 Å². The molecule has 1 aromatic heterocycles. The van der Waals surface area contributed by atoms with E-state index in [1.165, 1.54) is 5.56 Å². The maximum atomic E-state index is 9.04. The monoisotopic (exact) mass is 238 g/mol. The maximum absolute atomic E-state index is 9.04. The molecule has 0 bridgehead atoms. The smallest absolute Gasteiger partial charge is 0.0741 e. The van der Waals surface area contributed by atoms with Crippen LogP contribution in [0.5, 0.6) is 0 Å². The number of aromatic nitrogens is 2. The molecule has 0 saturated carbocycles. The normalized spacial score (nSPS) is 11.0. The van der Waals surface area contributed by atoms with Crippen LogP contribution in [-0.2, 0) is 6.61 Å². The van der Waals surface area contributed by atoms with Crippen LogP contribution in [0.4, 0.5) is 0 Å². The molecule has 3 nitrogen and oxygen atoms in total. The number of hydrogen-bond acceptors (Lipinski definition) is 2. The average Bonchev–Trinajstić information content (AvgIpc) is 2.81. The van der Waals surface area contributed by atoms with E-state index in [-0.39, 0.29) is 6.61 Å².